The molecule has 2 unspecified atom stereocenters. The van der Waals surface area contributed by atoms with Crippen molar-refractivity contribution in [3.05, 3.63) is 77.8 Å². The van der Waals surface area contributed by atoms with Crippen LogP contribution in [0.3, 0.4) is 0 Å². The first-order valence-corrected chi connectivity index (χ1v) is 10.3. The molecule has 29 heavy (non-hydrogen) atoms. The van der Waals surface area contributed by atoms with E-state index in [1.807, 2.05) is 25.1 Å². The number of hydrogen-bond acceptors (Lipinski definition) is 3. The maximum atomic E-state index is 11.4. The number of nitrogens with zero attached hydrogens (tertiary/aromatic N) is 3. The molecular weight excluding hydrogens is 358 g/mol. The molecule has 0 aliphatic carbocycles. The number of hydrogen-bond donors (Lipinski definition) is 1. The first kappa shape index (κ1) is 19.9. The quantitative estimate of drug-likeness (QED) is 0.652. The molecule has 0 saturated heterocycles. The zero-order chi connectivity index (χ0) is 20.8. The number of rotatable bonds is 5. The normalized spacial score (nSPS) is 21.7. The van der Waals surface area contributed by atoms with E-state index in [0.29, 0.717) is 6.54 Å². The van der Waals surface area contributed by atoms with Crippen LogP contribution in [0.15, 0.2) is 55.4 Å². The van der Waals surface area contributed by atoms with Crippen LogP contribution < -0.4 is 0 Å². The molecule has 3 aromatic rings. The van der Waals surface area contributed by atoms with E-state index in [9.17, 15) is 5.11 Å². The zero-order valence-electron chi connectivity index (χ0n) is 17.9. The van der Waals surface area contributed by atoms with Gasteiger partial charge < -0.3 is 14.6 Å². The lowest BCUT2D eigenvalue weighted by Crippen LogP contribution is -2.43. The van der Waals surface area contributed by atoms with Crippen LogP contribution >= 0.6 is 0 Å². The van der Waals surface area contributed by atoms with Crippen molar-refractivity contribution in [2.75, 3.05) is 13.6 Å². The summed E-state index contributed by atoms with van der Waals surface area (Å²) in [6, 6.07) is 10.5. The second-order valence-corrected chi connectivity index (χ2v) is 9.17. The van der Waals surface area contributed by atoms with Gasteiger partial charge in [-0.2, -0.15) is 0 Å². The fraction of sp³-hybridized carbons (Fsp3) is 0.400. The van der Waals surface area contributed by atoms with E-state index in [4.69, 9.17) is 0 Å². The van der Waals surface area contributed by atoms with Crippen LogP contribution in [0.4, 0.5) is 0 Å². The van der Waals surface area contributed by atoms with E-state index in [0.717, 1.165) is 25.1 Å². The van der Waals surface area contributed by atoms with Crippen LogP contribution in [-0.2, 0) is 24.1 Å². The van der Waals surface area contributed by atoms with Gasteiger partial charge in [-0.25, -0.2) is 0 Å². The molecule has 0 fully saturated rings. The van der Waals surface area contributed by atoms with E-state index in [-0.39, 0.29) is 5.41 Å². The van der Waals surface area contributed by atoms with Gasteiger partial charge in [0.25, 0.3) is 0 Å². The summed E-state index contributed by atoms with van der Waals surface area (Å²) in [5.41, 5.74) is 5.01. The highest BCUT2D eigenvalue weighted by Crippen LogP contribution is 2.43. The lowest BCUT2D eigenvalue weighted by atomic mass is 9.77. The number of benzene rings is 1. The minimum absolute atomic E-state index is 0.0503. The van der Waals surface area contributed by atoms with Crippen molar-refractivity contribution in [2.24, 2.45) is 0 Å². The Kier molecular flexibility index (Phi) is 4.88. The van der Waals surface area contributed by atoms with Crippen molar-refractivity contribution in [1.29, 1.82) is 0 Å². The summed E-state index contributed by atoms with van der Waals surface area (Å²) in [4.78, 5) is 6.51. The average molecular weight is 390 g/mol. The third-order valence-electron chi connectivity index (χ3n) is 6.31. The molecule has 152 valence electrons. The number of pyridine rings is 1. The van der Waals surface area contributed by atoms with Crippen molar-refractivity contribution in [2.45, 2.75) is 51.3 Å². The highest BCUT2D eigenvalue weighted by Gasteiger charge is 2.39. The lowest BCUT2D eigenvalue weighted by Gasteiger charge is -2.41. The Labute approximate surface area is 173 Å². The van der Waals surface area contributed by atoms with Gasteiger partial charge in [0.2, 0.25) is 0 Å². The van der Waals surface area contributed by atoms with Crippen LogP contribution in [-0.4, -0.2) is 33.1 Å². The molecule has 2 atom stereocenters. The smallest absolute Gasteiger partial charge is 0.105 e. The van der Waals surface area contributed by atoms with Gasteiger partial charge in [0.05, 0.1) is 6.54 Å². The van der Waals surface area contributed by atoms with Gasteiger partial charge in [-0.05, 0) is 62.7 Å². The van der Waals surface area contributed by atoms with E-state index in [1.54, 1.807) is 12.4 Å². The van der Waals surface area contributed by atoms with Crippen LogP contribution in [0, 0.1) is 6.92 Å². The largest absolute Gasteiger partial charge is 0.384 e. The lowest BCUT2D eigenvalue weighted by molar-refractivity contribution is 0.0370. The number of aliphatic hydroxyl groups is 1. The summed E-state index contributed by atoms with van der Waals surface area (Å²) in [6.07, 6.45) is 6.41. The SMILES string of the molecule is C=CCC1(C)CN(C)Cc2c1n(CC(C)(O)c1ccncc1)c1ccc(C)cc21. The van der Waals surface area contributed by atoms with Gasteiger partial charge >= 0.3 is 0 Å². The molecule has 4 rings (SSSR count). The van der Waals surface area contributed by atoms with Gasteiger partial charge in [0.15, 0.2) is 0 Å². The number of allylic oxidation sites excluding steroid dienone is 1. The molecule has 1 aliphatic heterocycles. The molecule has 0 amide bonds. The molecule has 0 spiro atoms. The second kappa shape index (κ2) is 7.12. The zero-order valence-corrected chi connectivity index (χ0v) is 17.9. The van der Waals surface area contributed by atoms with Gasteiger partial charge in [-0.3, -0.25) is 4.98 Å². The molecule has 1 aliphatic rings. The Hall–Kier alpha value is -2.43. The summed E-state index contributed by atoms with van der Waals surface area (Å²) >= 11 is 0. The fourth-order valence-corrected chi connectivity index (χ4v) is 5.14. The van der Waals surface area contributed by atoms with Crippen LogP contribution in [0.2, 0.25) is 0 Å². The summed E-state index contributed by atoms with van der Waals surface area (Å²) in [7, 11) is 2.19. The maximum absolute atomic E-state index is 11.4. The molecule has 4 nitrogen and oxygen atoms in total. The Morgan fingerprint density at radius 2 is 2.00 bits per heavy atom. The third kappa shape index (κ3) is 3.41. The van der Waals surface area contributed by atoms with E-state index in [1.165, 1.54) is 27.7 Å². The van der Waals surface area contributed by atoms with Crippen LogP contribution in [0.25, 0.3) is 10.9 Å². The van der Waals surface area contributed by atoms with Crippen molar-refractivity contribution < 1.29 is 5.11 Å². The molecule has 0 bridgehead atoms. The molecule has 0 radical (unpaired) electrons. The monoisotopic (exact) mass is 389 g/mol. The Bertz CT molecular complexity index is 1050. The van der Waals surface area contributed by atoms with Crippen molar-refractivity contribution in [1.82, 2.24) is 14.5 Å². The highest BCUT2D eigenvalue weighted by atomic mass is 16.3. The minimum Gasteiger partial charge on any atom is -0.384 e. The summed E-state index contributed by atoms with van der Waals surface area (Å²) < 4.78 is 2.36. The van der Waals surface area contributed by atoms with E-state index >= 15 is 0 Å². The summed E-state index contributed by atoms with van der Waals surface area (Å²) in [5, 5.41) is 12.7. The standard InChI is InChI=1S/C25H31N3O/c1-6-11-24(3)16-27(5)15-21-20-14-18(2)7-8-22(20)28(23(21)24)17-25(4,29)19-9-12-26-13-10-19/h6-10,12-14,29H,1,11,15-17H2,2-5H3. The second-order valence-electron chi connectivity index (χ2n) is 9.17. The van der Waals surface area contributed by atoms with Crippen molar-refractivity contribution in [3.8, 4) is 0 Å². The first-order chi connectivity index (χ1) is 13.7. The average Bonchev–Trinajstić information content (AvgIpc) is 2.95. The molecular formula is C25H31N3O. The highest BCUT2D eigenvalue weighted by molar-refractivity contribution is 5.87. The van der Waals surface area contributed by atoms with Gasteiger partial charge in [0.1, 0.15) is 5.60 Å². The topological polar surface area (TPSA) is 41.3 Å². The predicted molar refractivity (Wildman–Crippen MR) is 119 cm³/mol. The first-order valence-electron chi connectivity index (χ1n) is 10.3. The van der Waals surface area contributed by atoms with Crippen LogP contribution in [0.1, 0.15) is 42.7 Å². The number of aromatic nitrogens is 2. The maximum Gasteiger partial charge on any atom is 0.105 e. The fourth-order valence-electron chi connectivity index (χ4n) is 5.14. The summed E-state index contributed by atoms with van der Waals surface area (Å²) in [6.45, 7) is 12.8. The van der Waals surface area contributed by atoms with Gasteiger partial charge in [-0.1, -0.05) is 24.6 Å². The number of fused-ring (bicyclic) bond motifs is 3. The van der Waals surface area contributed by atoms with Gasteiger partial charge in [0, 0.05) is 47.5 Å². The molecule has 4 heteroatoms. The van der Waals surface area contributed by atoms with E-state index < -0.39 is 5.60 Å². The molecule has 0 saturated carbocycles. The molecule has 1 N–H and O–H groups in total. The Morgan fingerprint density at radius 3 is 2.69 bits per heavy atom. The van der Waals surface area contributed by atoms with Crippen LogP contribution in [0.5, 0.6) is 0 Å². The Balaban J connectivity index is 1.95. The third-order valence-corrected chi connectivity index (χ3v) is 6.31. The number of likely N-dealkylation sites (N-methyl/N-ethyl adjacent to an activating group) is 1. The molecule has 1 aromatic carbocycles. The summed E-state index contributed by atoms with van der Waals surface area (Å²) in [5.74, 6) is 0. The molecule has 3 heterocycles. The predicted octanol–water partition coefficient (Wildman–Crippen LogP) is 4.53. The van der Waals surface area contributed by atoms with Crippen molar-refractivity contribution in [3.63, 3.8) is 0 Å². The van der Waals surface area contributed by atoms with E-state index in [2.05, 4.69) is 60.1 Å². The minimum atomic E-state index is -0.994. The number of aryl methyl sites for hydroxylation is 1. The molecule has 2 aromatic heterocycles. The van der Waals surface area contributed by atoms with Crippen molar-refractivity contribution >= 4 is 10.9 Å². The Morgan fingerprint density at radius 1 is 1.28 bits per heavy atom. The van der Waals surface area contributed by atoms with Gasteiger partial charge in [-0.15, -0.1) is 6.58 Å².